The zero-order valence-electron chi connectivity index (χ0n) is 17.2. The van der Waals surface area contributed by atoms with Crippen LogP contribution in [0.1, 0.15) is 45.1 Å². The van der Waals surface area contributed by atoms with Crippen LogP contribution in [0.5, 0.6) is 0 Å². The maximum absolute atomic E-state index is 10.2. The SMILES string of the molecule is CCNC(=NCC(O)COCc1ccccc1)NC1CC(OCC)C12CCC2. The van der Waals surface area contributed by atoms with Crippen LogP contribution in [0.2, 0.25) is 0 Å². The standard InChI is InChI=1S/C22H35N3O3/c1-3-23-21(25-19-13-20(28-4-2)22(19)11-8-12-22)24-14-18(26)16-27-15-17-9-6-5-7-10-17/h5-7,9-10,18-20,26H,3-4,8,11-16H2,1-2H3,(H2,23,24,25). The fourth-order valence-electron chi connectivity index (χ4n) is 4.26. The van der Waals surface area contributed by atoms with Gasteiger partial charge in [-0.1, -0.05) is 36.8 Å². The van der Waals surface area contributed by atoms with E-state index in [1.54, 1.807) is 0 Å². The summed E-state index contributed by atoms with van der Waals surface area (Å²) in [6.07, 6.45) is 4.53. The first-order valence-corrected chi connectivity index (χ1v) is 10.6. The van der Waals surface area contributed by atoms with Crippen molar-refractivity contribution < 1.29 is 14.6 Å². The molecule has 2 saturated carbocycles. The number of nitrogens with zero attached hydrogens (tertiary/aromatic N) is 1. The maximum atomic E-state index is 10.2. The van der Waals surface area contributed by atoms with Gasteiger partial charge in [0.25, 0.3) is 0 Å². The highest BCUT2D eigenvalue weighted by molar-refractivity contribution is 5.80. The second-order valence-corrected chi connectivity index (χ2v) is 7.84. The number of aliphatic hydroxyl groups excluding tert-OH is 1. The fraction of sp³-hybridized carbons (Fsp3) is 0.682. The Bertz CT molecular complexity index is 619. The van der Waals surface area contributed by atoms with Crippen molar-refractivity contribution in [1.82, 2.24) is 10.6 Å². The molecule has 0 aliphatic heterocycles. The van der Waals surface area contributed by atoms with Crippen molar-refractivity contribution in [1.29, 1.82) is 0 Å². The van der Waals surface area contributed by atoms with Gasteiger partial charge in [0, 0.05) is 24.6 Å². The summed E-state index contributed by atoms with van der Waals surface area (Å²) in [4.78, 5) is 4.58. The summed E-state index contributed by atoms with van der Waals surface area (Å²) in [5, 5.41) is 17.1. The number of rotatable bonds is 10. The zero-order chi connectivity index (χ0) is 19.8. The summed E-state index contributed by atoms with van der Waals surface area (Å²) < 4.78 is 11.5. The molecule has 1 aromatic carbocycles. The molecule has 6 heteroatoms. The molecule has 2 aliphatic rings. The van der Waals surface area contributed by atoms with Crippen LogP contribution in [0.4, 0.5) is 0 Å². The Labute approximate surface area is 168 Å². The fourth-order valence-corrected chi connectivity index (χ4v) is 4.26. The summed E-state index contributed by atoms with van der Waals surface area (Å²) in [5.74, 6) is 0.774. The Hall–Kier alpha value is -1.63. The third-order valence-corrected chi connectivity index (χ3v) is 5.97. The lowest BCUT2D eigenvalue weighted by Crippen LogP contribution is -2.68. The first-order valence-electron chi connectivity index (χ1n) is 10.6. The number of benzene rings is 1. The van der Waals surface area contributed by atoms with Crippen molar-refractivity contribution >= 4 is 5.96 Å². The first-order chi connectivity index (χ1) is 13.7. The largest absolute Gasteiger partial charge is 0.389 e. The van der Waals surface area contributed by atoms with Crippen molar-refractivity contribution in [3.8, 4) is 0 Å². The van der Waals surface area contributed by atoms with E-state index in [0.29, 0.717) is 25.3 Å². The summed E-state index contributed by atoms with van der Waals surface area (Å²) in [5.41, 5.74) is 1.39. The number of hydrogen-bond acceptors (Lipinski definition) is 4. The Morgan fingerprint density at radius 2 is 2.07 bits per heavy atom. The molecule has 3 rings (SSSR count). The highest BCUT2D eigenvalue weighted by Gasteiger charge is 2.59. The van der Waals surface area contributed by atoms with Gasteiger partial charge in [0.2, 0.25) is 0 Å². The van der Waals surface area contributed by atoms with Crippen LogP contribution in [0, 0.1) is 5.41 Å². The van der Waals surface area contributed by atoms with Gasteiger partial charge in [-0.2, -0.15) is 0 Å². The maximum Gasteiger partial charge on any atom is 0.191 e. The molecule has 3 unspecified atom stereocenters. The number of nitrogens with one attached hydrogen (secondary N) is 2. The number of aliphatic imine (C=N–C) groups is 1. The molecule has 0 saturated heterocycles. The summed E-state index contributed by atoms with van der Waals surface area (Å²) in [6.45, 7) is 6.79. The molecule has 0 amide bonds. The topological polar surface area (TPSA) is 75.1 Å². The van der Waals surface area contributed by atoms with E-state index in [1.807, 2.05) is 30.3 Å². The Balaban J connectivity index is 1.45. The predicted octanol–water partition coefficient (Wildman–Crippen LogP) is 2.47. The number of hydrogen-bond donors (Lipinski definition) is 3. The number of aliphatic hydroxyl groups is 1. The lowest BCUT2D eigenvalue weighted by atomic mass is 9.51. The monoisotopic (exact) mass is 389 g/mol. The van der Waals surface area contributed by atoms with E-state index in [-0.39, 0.29) is 12.0 Å². The molecule has 0 bridgehead atoms. The predicted molar refractivity (Wildman–Crippen MR) is 111 cm³/mol. The molecule has 28 heavy (non-hydrogen) atoms. The lowest BCUT2D eigenvalue weighted by Gasteiger charge is -2.61. The molecule has 156 valence electrons. The molecule has 0 aromatic heterocycles. The Morgan fingerprint density at radius 3 is 2.71 bits per heavy atom. The molecule has 2 aliphatic carbocycles. The molecule has 3 N–H and O–H groups in total. The number of guanidine groups is 1. The molecule has 6 nitrogen and oxygen atoms in total. The molecule has 3 atom stereocenters. The van der Waals surface area contributed by atoms with Gasteiger partial charge in [0.15, 0.2) is 5.96 Å². The van der Waals surface area contributed by atoms with Crippen molar-refractivity contribution in [2.45, 2.75) is 64.4 Å². The average molecular weight is 390 g/mol. The minimum atomic E-state index is -0.616. The van der Waals surface area contributed by atoms with Gasteiger partial charge < -0.3 is 25.2 Å². The van der Waals surface area contributed by atoms with E-state index in [1.165, 1.54) is 19.3 Å². The van der Waals surface area contributed by atoms with Gasteiger partial charge >= 0.3 is 0 Å². The zero-order valence-corrected chi connectivity index (χ0v) is 17.2. The van der Waals surface area contributed by atoms with Crippen LogP contribution in [0.3, 0.4) is 0 Å². The van der Waals surface area contributed by atoms with E-state index >= 15 is 0 Å². The third-order valence-electron chi connectivity index (χ3n) is 5.97. The molecule has 2 fully saturated rings. The van der Waals surface area contributed by atoms with Crippen LogP contribution < -0.4 is 10.6 Å². The van der Waals surface area contributed by atoms with Gasteiger partial charge in [-0.25, -0.2) is 0 Å². The normalized spacial score (nSPS) is 24.3. The van der Waals surface area contributed by atoms with Gasteiger partial charge in [-0.3, -0.25) is 4.99 Å². The van der Waals surface area contributed by atoms with Crippen molar-refractivity contribution in [3.05, 3.63) is 35.9 Å². The average Bonchev–Trinajstić information content (AvgIpc) is 2.64. The minimum absolute atomic E-state index is 0.275. The van der Waals surface area contributed by atoms with Crippen LogP contribution in [0.25, 0.3) is 0 Å². The summed E-state index contributed by atoms with van der Waals surface area (Å²) in [7, 11) is 0. The van der Waals surface area contributed by atoms with Gasteiger partial charge in [-0.15, -0.1) is 0 Å². The Kier molecular flexibility index (Phi) is 7.71. The minimum Gasteiger partial charge on any atom is -0.389 e. The highest BCUT2D eigenvalue weighted by Crippen LogP contribution is 2.57. The van der Waals surface area contributed by atoms with Crippen LogP contribution in [0.15, 0.2) is 35.3 Å². The second-order valence-electron chi connectivity index (χ2n) is 7.84. The third kappa shape index (κ3) is 5.04. The molecule has 0 radical (unpaired) electrons. The van der Waals surface area contributed by atoms with Crippen LogP contribution in [-0.2, 0) is 16.1 Å². The van der Waals surface area contributed by atoms with Gasteiger partial charge in [0.05, 0.1) is 32.0 Å². The molecule has 1 spiro atoms. The molecule has 0 heterocycles. The van der Waals surface area contributed by atoms with E-state index in [2.05, 4.69) is 29.5 Å². The van der Waals surface area contributed by atoms with Crippen molar-refractivity contribution in [2.75, 3.05) is 26.3 Å². The quantitative estimate of drug-likeness (QED) is 0.423. The molecular weight excluding hydrogens is 354 g/mol. The van der Waals surface area contributed by atoms with E-state index in [4.69, 9.17) is 9.47 Å². The van der Waals surface area contributed by atoms with E-state index in [0.717, 1.165) is 31.1 Å². The van der Waals surface area contributed by atoms with Crippen molar-refractivity contribution in [2.24, 2.45) is 10.4 Å². The summed E-state index contributed by atoms with van der Waals surface area (Å²) in [6, 6.07) is 10.4. The number of ether oxygens (including phenoxy) is 2. The Morgan fingerprint density at radius 1 is 1.29 bits per heavy atom. The smallest absolute Gasteiger partial charge is 0.191 e. The lowest BCUT2D eigenvalue weighted by molar-refractivity contribution is -0.168. The molecular formula is C22H35N3O3. The first kappa shape index (κ1) is 21.1. The van der Waals surface area contributed by atoms with Crippen molar-refractivity contribution in [3.63, 3.8) is 0 Å². The highest BCUT2D eigenvalue weighted by atomic mass is 16.5. The van der Waals surface area contributed by atoms with Gasteiger partial charge in [0.1, 0.15) is 0 Å². The van der Waals surface area contributed by atoms with Crippen LogP contribution >= 0.6 is 0 Å². The van der Waals surface area contributed by atoms with E-state index in [9.17, 15) is 5.11 Å². The molecule has 1 aromatic rings. The van der Waals surface area contributed by atoms with Gasteiger partial charge in [-0.05, 0) is 38.7 Å². The second kappa shape index (κ2) is 10.2. The summed E-state index contributed by atoms with van der Waals surface area (Å²) >= 11 is 0. The van der Waals surface area contributed by atoms with E-state index < -0.39 is 6.10 Å². The van der Waals surface area contributed by atoms with Crippen LogP contribution in [-0.4, -0.2) is 55.6 Å².